The third-order valence-corrected chi connectivity index (χ3v) is 2.96. The lowest BCUT2D eigenvalue weighted by Crippen LogP contribution is -2.29. The maximum absolute atomic E-state index is 5.68. The van der Waals surface area contributed by atoms with E-state index in [1.165, 1.54) is 0 Å². The van der Waals surface area contributed by atoms with Crippen molar-refractivity contribution in [1.29, 1.82) is 0 Å². The second-order valence-electron chi connectivity index (χ2n) is 5.04. The summed E-state index contributed by atoms with van der Waals surface area (Å²) in [4.78, 5) is 4.52. The van der Waals surface area contributed by atoms with Crippen molar-refractivity contribution in [2.24, 2.45) is 5.84 Å². The summed E-state index contributed by atoms with van der Waals surface area (Å²) in [5.74, 6) is 6.54. The average Bonchev–Trinajstić information content (AvgIpc) is 2.41. The molecular weight excluding hydrogens is 250 g/mol. The zero-order valence-corrected chi connectivity index (χ0v) is 12.1. The first-order valence-corrected chi connectivity index (χ1v) is 6.76. The summed E-state index contributed by atoms with van der Waals surface area (Å²) >= 11 is 0. The van der Waals surface area contributed by atoms with Crippen LogP contribution in [-0.4, -0.2) is 11.1 Å². The molecule has 20 heavy (non-hydrogen) atoms. The quantitative estimate of drug-likeness (QED) is 0.648. The predicted molar refractivity (Wildman–Crippen MR) is 80.3 cm³/mol. The Hall–Kier alpha value is -1.91. The molecular formula is C16H21N3O. The van der Waals surface area contributed by atoms with Crippen LogP contribution in [0, 0.1) is 6.92 Å². The third kappa shape index (κ3) is 3.56. The van der Waals surface area contributed by atoms with Gasteiger partial charge in [-0.25, -0.2) is 5.43 Å². The second kappa shape index (κ2) is 6.50. The van der Waals surface area contributed by atoms with Crippen molar-refractivity contribution in [2.75, 3.05) is 0 Å². The maximum atomic E-state index is 5.68. The van der Waals surface area contributed by atoms with Crippen LogP contribution in [0.5, 0.6) is 5.75 Å². The number of benzene rings is 1. The lowest BCUT2D eigenvalue weighted by atomic mass is 10.0. The van der Waals surface area contributed by atoms with E-state index in [1.54, 1.807) is 0 Å². The number of aryl methyl sites for hydroxylation is 1. The van der Waals surface area contributed by atoms with Crippen LogP contribution in [0.2, 0.25) is 0 Å². The molecule has 3 N–H and O–H groups in total. The first-order valence-electron chi connectivity index (χ1n) is 6.76. The number of hydrogen-bond acceptors (Lipinski definition) is 4. The molecule has 0 aliphatic heterocycles. The average molecular weight is 271 g/mol. The minimum absolute atomic E-state index is 0.122. The summed E-state index contributed by atoms with van der Waals surface area (Å²) in [5.41, 5.74) is 5.76. The number of nitrogens with zero attached hydrogens (tertiary/aromatic N) is 1. The molecule has 0 aliphatic rings. The molecule has 1 unspecified atom stereocenters. The van der Waals surface area contributed by atoms with Crippen molar-refractivity contribution in [3.8, 4) is 5.75 Å². The van der Waals surface area contributed by atoms with Gasteiger partial charge in [0.2, 0.25) is 0 Å². The van der Waals surface area contributed by atoms with Gasteiger partial charge in [-0.3, -0.25) is 10.8 Å². The Bertz CT molecular complexity index is 552. The van der Waals surface area contributed by atoms with E-state index in [9.17, 15) is 0 Å². The van der Waals surface area contributed by atoms with E-state index in [2.05, 4.69) is 10.4 Å². The fourth-order valence-corrected chi connectivity index (χ4v) is 2.09. The number of hydrazine groups is 1. The van der Waals surface area contributed by atoms with Crippen molar-refractivity contribution in [3.63, 3.8) is 0 Å². The van der Waals surface area contributed by atoms with Gasteiger partial charge in [0.15, 0.2) is 0 Å². The Labute approximate surface area is 120 Å². The largest absolute Gasteiger partial charge is 0.491 e. The molecule has 0 saturated carbocycles. The Kier molecular flexibility index (Phi) is 4.71. The molecule has 4 heteroatoms. The van der Waals surface area contributed by atoms with Crippen LogP contribution in [0.1, 0.15) is 36.8 Å². The monoisotopic (exact) mass is 271 g/mol. The fraction of sp³-hybridized carbons (Fsp3) is 0.312. The zero-order valence-electron chi connectivity index (χ0n) is 12.1. The molecule has 0 amide bonds. The molecule has 4 nitrogen and oxygen atoms in total. The van der Waals surface area contributed by atoms with Gasteiger partial charge in [0.05, 0.1) is 17.8 Å². The summed E-state index contributed by atoms with van der Waals surface area (Å²) in [5, 5.41) is 0. The number of rotatable bonds is 5. The molecule has 0 spiro atoms. The predicted octanol–water partition coefficient (Wildman–Crippen LogP) is 2.73. The van der Waals surface area contributed by atoms with E-state index < -0.39 is 0 Å². The van der Waals surface area contributed by atoms with E-state index in [-0.39, 0.29) is 12.1 Å². The second-order valence-corrected chi connectivity index (χ2v) is 5.04. The molecule has 0 fully saturated rings. The standard InChI is InChI=1S/C16H21N3O/c1-11(2)20-14-9-7-13(8-10-14)16(19-17)15-6-4-5-12(3)18-15/h4-11,16,19H,17H2,1-3H3. The van der Waals surface area contributed by atoms with E-state index in [1.807, 2.05) is 63.2 Å². The van der Waals surface area contributed by atoms with Crippen molar-refractivity contribution in [1.82, 2.24) is 10.4 Å². The SMILES string of the molecule is Cc1cccc(C(NN)c2ccc(OC(C)C)cc2)n1. The van der Waals surface area contributed by atoms with Crippen LogP contribution in [0.25, 0.3) is 0 Å². The minimum Gasteiger partial charge on any atom is -0.491 e. The highest BCUT2D eigenvalue weighted by molar-refractivity contribution is 5.33. The molecule has 0 radical (unpaired) electrons. The molecule has 0 bridgehead atoms. The Balaban J connectivity index is 2.23. The van der Waals surface area contributed by atoms with Gasteiger partial charge in [-0.05, 0) is 50.6 Å². The molecule has 1 atom stereocenters. The van der Waals surface area contributed by atoms with Gasteiger partial charge in [0.25, 0.3) is 0 Å². The number of nitrogens with one attached hydrogen (secondary N) is 1. The number of hydrogen-bond donors (Lipinski definition) is 2. The molecule has 1 aromatic carbocycles. The molecule has 0 saturated heterocycles. The lowest BCUT2D eigenvalue weighted by Gasteiger charge is -2.17. The van der Waals surface area contributed by atoms with Crippen LogP contribution in [0.15, 0.2) is 42.5 Å². The zero-order chi connectivity index (χ0) is 14.5. The Morgan fingerprint density at radius 1 is 1.10 bits per heavy atom. The van der Waals surface area contributed by atoms with Gasteiger partial charge in [-0.2, -0.15) is 0 Å². The first kappa shape index (κ1) is 14.5. The van der Waals surface area contributed by atoms with Crippen molar-refractivity contribution in [2.45, 2.75) is 32.9 Å². The van der Waals surface area contributed by atoms with Crippen LogP contribution in [-0.2, 0) is 0 Å². The fourth-order valence-electron chi connectivity index (χ4n) is 2.09. The topological polar surface area (TPSA) is 60.2 Å². The normalized spacial score (nSPS) is 12.4. The molecule has 0 aliphatic carbocycles. The number of nitrogens with two attached hydrogens (primary N) is 1. The van der Waals surface area contributed by atoms with E-state index in [0.717, 1.165) is 22.7 Å². The van der Waals surface area contributed by atoms with E-state index in [0.29, 0.717) is 0 Å². The van der Waals surface area contributed by atoms with Crippen LogP contribution in [0.4, 0.5) is 0 Å². The minimum atomic E-state index is -0.122. The number of aromatic nitrogens is 1. The molecule has 2 aromatic rings. The molecule has 1 aromatic heterocycles. The molecule has 106 valence electrons. The highest BCUT2D eigenvalue weighted by Gasteiger charge is 2.14. The van der Waals surface area contributed by atoms with E-state index in [4.69, 9.17) is 10.6 Å². The Morgan fingerprint density at radius 3 is 2.35 bits per heavy atom. The maximum Gasteiger partial charge on any atom is 0.119 e. The summed E-state index contributed by atoms with van der Waals surface area (Å²) < 4.78 is 5.64. The number of ether oxygens (including phenoxy) is 1. The van der Waals surface area contributed by atoms with Gasteiger partial charge in [0, 0.05) is 5.69 Å². The van der Waals surface area contributed by atoms with Crippen molar-refractivity contribution in [3.05, 3.63) is 59.4 Å². The highest BCUT2D eigenvalue weighted by atomic mass is 16.5. The lowest BCUT2D eigenvalue weighted by molar-refractivity contribution is 0.242. The molecule has 2 rings (SSSR count). The highest BCUT2D eigenvalue weighted by Crippen LogP contribution is 2.22. The van der Waals surface area contributed by atoms with Crippen molar-refractivity contribution < 1.29 is 4.74 Å². The van der Waals surface area contributed by atoms with Gasteiger partial charge in [-0.1, -0.05) is 18.2 Å². The smallest absolute Gasteiger partial charge is 0.119 e. The van der Waals surface area contributed by atoms with Crippen LogP contribution in [0.3, 0.4) is 0 Å². The van der Waals surface area contributed by atoms with Gasteiger partial charge in [0.1, 0.15) is 5.75 Å². The van der Waals surface area contributed by atoms with E-state index >= 15 is 0 Å². The number of pyridine rings is 1. The van der Waals surface area contributed by atoms with Crippen LogP contribution < -0.4 is 16.0 Å². The molecule has 1 heterocycles. The third-order valence-electron chi connectivity index (χ3n) is 2.96. The van der Waals surface area contributed by atoms with Crippen molar-refractivity contribution >= 4 is 0 Å². The summed E-state index contributed by atoms with van der Waals surface area (Å²) in [7, 11) is 0. The van der Waals surface area contributed by atoms with Crippen LogP contribution >= 0.6 is 0 Å². The summed E-state index contributed by atoms with van der Waals surface area (Å²) in [6.45, 7) is 5.99. The first-order chi connectivity index (χ1) is 9.60. The summed E-state index contributed by atoms with van der Waals surface area (Å²) in [6.07, 6.45) is 0.169. The Morgan fingerprint density at radius 2 is 1.80 bits per heavy atom. The van der Waals surface area contributed by atoms with Gasteiger partial charge in [-0.15, -0.1) is 0 Å². The van der Waals surface area contributed by atoms with Gasteiger partial charge < -0.3 is 4.74 Å². The summed E-state index contributed by atoms with van der Waals surface area (Å²) in [6, 6.07) is 13.7. The van der Waals surface area contributed by atoms with Gasteiger partial charge >= 0.3 is 0 Å².